The molecular weight excluding hydrogens is 304 g/mol. The predicted molar refractivity (Wildman–Crippen MR) is 80.2 cm³/mol. The zero-order valence-electron chi connectivity index (χ0n) is 11.1. The Morgan fingerprint density at radius 3 is 2.53 bits per heavy atom. The molecule has 3 nitrogen and oxygen atoms in total. The van der Waals surface area contributed by atoms with Gasteiger partial charge in [-0.15, -0.1) is 0 Å². The number of pyridine rings is 1. The highest BCUT2D eigenvalue weighted by Gasteiger charge is 2.04. The lowest BCUT2D eigenvalue weighted by molar-refractivity contribution is 0.397. The highest BCUT2D eigenvalue weighted by molar-refractivity contribution is 9.10. The Labute approximate surface area is 122 Å². The van der Waals surface area contributed by atoms with Gasteiger partial charge in [0.1, 0.15) is 0 Å². The first-order valence-electron chi connectivity index (χ1n) is 6.17. The first-order chi connectivity index (χ1) is 9.19. The number of methoxy groups -OCH3 is 1. The molecule has 100 valence electrons. The van der Waals surface area contributed by atoms with Crippen molar-refractivity contribution in [3.8, 4) is 5.88 Å². The fourth-order valence-corrected chi connectivity index (χ4v) is 2.04. The lowest BCUT2D eigenvalue weighted by atomic mass is 10.1. The van der Waals surface area contributed by atoms with E-state index < -0.39 is 0 Å². The quantitative estimate of drug-likeness (QED) is 0.912. The van der Waals surface area contributed by atoms with E-state index in [1.54, 1.807) is 7.11 Å². The summed E-state index contributed by atoms with van der Waals surface area (Å²) in [5.74, 6) is 0.643. The molecule has 0 aliphatic rings. The minimum absolute atomic E-state index is 0.301. The molecule has 2 rings (SSSR count). The molecule has 0 saturated heterocycles. The highest BCUT2D eigenvalue weighted by Crippen LogP contribution is 2.17. The van der Waals surface area contributed by atoms with Crippen LogP contribution in [0, 0.1) is 0 Å². The number of nitrogens with zero attached hydrogens (tertiary/aromatic N) is 1. The van der Waals surface area contributed by atoms with Crippen LogP contribution in [0.4, 0.5) is 0 Å². The van der Waals surface area contributed by atoms with Crippen LogP contribution in [0.5, 0.6) is 5.88 Å². The average Bonchev–Trinajstić information content (AvgIpc) is 2.46. The SMILES string of the molecule is COc1ccc(CNC(C)c2ccc(Br)cc2)cn1. The molecule has 19 heavy (non-hydrogen) atoms. The molecule has 1 N–H and O–H groups in total. The third-order valence-electron chi connectivity index (χ3n) is 2.99. The number of hydrogen-bond acceptors (Lipinski definition) is 3. The van der Waals surface area contributed by atoms with Crippen molar-refractivity contribution < 1.29 is 4.74 Å². The zero-order chi connectivity index (χ0) is 13.7. The fourth-order valence-electron chi connectivity index (χ4n) is 1.78. The second-order valence-corrected chi connectivity index (χ2v) is 5.28. The van der Waals surface area contributed by atoms with E-state index in [4.69, 9.17) is 4.74 Å². The average molecular weight is 321 g/mol. The molecule has 0 aliphatic heterocycles. The standard InChI is InChI=1S/C15H17BrN2O/c1-11(13-4-6-14(16)7-5-13)17-9-12-3-8-15(19-2)18-10-12/h3-8,10-11,17H,9H2,1-2H3. The minimum Gasteiger partial charge on any atom is -0.481 e. The van der Waals surface area contributed by atoms with Crippen LogP contribution in [0.15, 0.2) is 47.1 Å². The zero-order valence-corrected chi connectivity index (χ0v) is 12.6. The van der Waals surface area contributed by atoms with Crippen molar-refractivity contribution in [2.75, 3.05) is 7.11 Å². The molecule has 1 aromatic carbocycles. The smallest absolute Gasteiger partial charge is 0.212 e. The van der Waals surface area contributed by atoms with Gasteiger partial charge in [0, 0.05) is 29.3 Å². The molecule has 1 heterocycles. The van der Waals surface area contributed by atoms with Crippen LogP contribution in [0.25, 0.3) is 0 Å². The van der Waals surface area contributed by atoms with Crippen LogP contribution < -0.4 is 10.1 Å². The van der Waals surface area contributed by atoms with Gasteiger partial charge in [0.15, 0.2) is 0 Å². The van der Waals surface area contributed by atoms with Crippen molar-refractivity contribution in [3.63, 3.8) is 0 Å². The van der Waals surface area contributed by atoms with E-state index in [9.17, 15) is 0 Å². The first kappa shape index (κ1) is 14.0. The van der Waals surface area contributed by atoms with E-state index >= 15 is 0 Å². The van der Waals surface area contributed by atoms with Gasteiger partial charge in [-0.25, -0.2) is 4.98 Å². The molecule has 0 bridgehead atoms. The van der Waals surface area contributed by atoms with E-state index in [2.05, 4.69) is 57.4 Å². The molecule has 1 aromatic heterocycles. The van der Waals surface area contributed by atoms with Crippen LogP contribution in [-0.2, 0) is 6.54 Å². The van der Waals surface area contributed by atoms with Crippen molar-refractivity contribution in [2.24, 2.45) is 0 Å². The van der Waals surface area contributed by atoms with Gasteiger partial charge in [-0.3, -0.25) is 0 Å². The topological polar surface area (TPSA) is 34.1 Å². The van der Waals surface area contributed by atoms with Crippen molar-refractivity contribution in [1.29, 1.82) is 0 Å². The number of halogens is 1. The van der Waals surface area contributed by atoms with Gasteiger partial charge in [-0.05, 0) is 30.2 Å². The monoisotopic (exact) mass is 320 g/mol. The maximum absolute atomic E-state index is 5.04. The van der Waals surface area contributed by atoms with Gasteiger partial charge in [0.2, 0.25) is 5.88 Å². The van der Waals surface area contributed by atoms with Gasteiger partial charge >= 0.3 is 0 Å². The molecule has 0 radical (unpaired) electrons. The second-order valence-electron chi connectivity index (χ2n) is 4.36. The Morgan fingerprint density at radius 2 is 1.95 bits per heavy atom. The lowest BCUT2D eigenvalue weighted by Crippen LogP contribution is -2.18. The molecular formula is C15H17BrN2O. The summed E-state index contributed by atoms with van der Waals surface area (Å²) in [6, 6.07) is 12.6. The molecule has 0 fully saturated rings. The molecule has 0 amide bonds. The summed E-state index contributed by atoms with van der Waals surface area (Å²) in [5, 5.41) is 3.48. The second kappa shape index (κ2) is 6.68. The Morgan fingerprint density at radius 1 is 1.21 bits per heavy atom. The molecule has 0 saturated carbocycles. The molecule has 1 atom stereocenters. The van der Waals surface area contributed by atoms with Crippen molar-refractivity contribution in [1.82, 2.24) is 10.3 Å². The van der Waals surface area contributed by atoms with E-state index in [1.165, 1.54) is 5.56 Å². The molecule has 1 unspecified atom stereocenters. The summed E-state index contributed by atoms with van der Waals surface area (Å²) in [7, 11) is 1.62. The van der Waals surface area contributed by atoms with Gasteiger partial charge in [-0.2, -0.15) is 0 Å². The number of aromatic nitrogens is 1. The predicted octanol–water partition coefficient (Wildman–Crippen LogP) is 3.70. The maximum atomic E-state index is 5.04. The van der Waals surface area contributed by atoms with Gasteiger partial charge in [0.25, 0.3) is 0 Å². The summed E-state index contributed by atoms with van der Waals surface area (Å²) in [5.41, 5.74) is 2.41. The van der Waals surface area contributed by atoms with E-state index in [0.717, 1.165) is 16.6 Å². The molecule has 0 spiro atoms. The third-order valence-corrected chi connectivity index (χ3v) is 3.52. The minimum atomic E-state index is 0.301. The van der Waals surface area contributed by atoms with E-state index in [0.29, 0.717) is 11.9 Å². The van der Waals surface area contributed by atoms with Crippen LogP contribution in [0.1, 0.15) is 24.1 Å². The van der Waals surface area contributed by atoms with Crippen LogP contribution in [0.3, 0.4) is 0 Å². The Kier molecular flexibility index (Phi) is 4.93. The third kappa shape index (κ3) is 4.04. The summed E-state index contributed by atoms with van der Waals surface area (Å²) >= 11 is 3.44. The van der Waals surface area contributed by atoms with Crippen molar-refractivity contribution in [2.45, 2.75) is 19.5 Å². The number of benzene rings is 1. The van der Waals surface area contributed by atoms with Crippen molar-refractivity contribution >= 4 is 15.9 Å². The summed E-state index contributed by atoms with van der Waals surface area (Å²) < 4.78 is 6.14. The number of hydrogen-bond donors (Lipinski definition) is 1. The number of ether oxygens (including phenoxy) is 1. The summed E-state index contributed by atoms with van der Waals surface area (Å²) in [6.07, 6.45) is 1.83. The summed E-state index contributed by atoms with van der Waals surface area (Å²) in [6.45, 7) is 2.94. The fraction of sp³-hybridized carbons (Fsp3) is 0.267. The van der Waals surface area contributed by atoms with Gasteiger partial charge in [0.05, 0.1) is 7.11 Å². The summed E-state index contributed by atoms with van der Waals surface area (Å²) in [4.78, 5) is 4.19. The molecule has 2 aromatic rings. The van der Waals surface area contributed by atoms with E-state index in [-0.39, 0.29) is 0 Å². The molecule has 4 heteroatoms. The van der Waals surface area contributed by atoms with E-state index in [1.807, 2.05) is 18.3 Å². The van der Waals surface area contributed by atoms with Crippen molar-refractivity contribution in [3.05, 3.63) is 58.2 Å². The van der Waals surface area contributed by atoms with Crippen LogP contribution in [0.2, 0.25) is 0 Å². The normalized spacial score (nSPS) is 12.2. The van der Waals surface area contributed by atoms with Gasteiger partial charge in [-0.1, -0.05) is 34.1 Å². The first-order valence-corrected chi connectivity index (χ1v) is 6.96. The van der Waals surface area contributed by atoms with Crippen LogP contribution >= 0.6 is 15.9 Å². The number of nitrogens with one attached hydrogen (secondary N) is 1. The highest BCUT2D eigenvalue weighted by atomic mass is 79.9. The lowest BCUT2D eigenvalue weighted by Gasteiger charge is -2.14. The van der Waals surface area contributed by atoms with Crippen LogP contribution in [-0.4, -0.2) is 12.1 Å². The Bertz CT molecular complexity index is 511. The van der Waals surface area contributed by atoms with Gasteiger partial charge < -0.3 is 10.1 Å². The Balaban J connectivity index is 1.92. The maximum Gasteiger partial charge on any atom is 0.212 e. The largest absolute Gasteiger partial charge is 0.481 e. The Hall–Kier alpha value is -1.39. The number of rotatable bonds is 5. The molecule has 0 aliphatic carbocycles.